The Balaban J connectivity index is 1.82. The third-order valence-electron chi connectivity index (χ3n) is 2.76. The first-order valence-corrected chi connectivity index (χ1v) is 7.27. The summed E-state index contributed by atoms with van der Waals surface area (Å²) in [4.78, 5) is 11.7. The maximum absolute atomic E-state index is 13.4. The number of rotatable bonds is 4. The standard InChI is InChI=1S/C15H14FIN2O/c16-12-6-2-1-5-11(12)9-10-18-15(20)19-14-8-4-3-7-13(14)17/h1-8H,9-10H2,(H2,18,19,20). The van der Waals surface area contributed by atoms with Crippen LogP contribution < -0.4 is 10.6 Å². The number of hydrogen-bond donors (Lipinski definition) is 2. The molecule has 5 heteroatoms. The molecule has 0 saturated heterocycles. The van der Waals surface area contributed by atoms with E-state index in [1.54, 1.807) is 18.2 Å². The lowest BCUT2D eigenvalue weighted by atomic mass is 10.1. The van der Waals surface area contributed by atoms with Crippen LogP contribution >= 0.6 is 22.6 Å². The van der Waals surface area contributed by atoms with Crippen LogP contribution in [0.5, 0.6) is 0 Å². The van der Waals surface area contributed by atoms with Crippen LogP contribution in [0.4, 0.5) is 14.9 Å². The molecule has 0 aliphatic carbocycles. The van der Waals surface area contributed by atoms with Crippen molar-refractivity contribution in [1.82, 2.24) is 5.32 Å². The first kappa shape index (κ1) is 14.8. The minimum absolute atomic E-state index is 0.243. The van der Waals surface area contributed by atoms with E-state index >= 15 is 0 Å². The summed E-state index contributed by atoms with van der Waals surface area (Å²) in [7, 11) is 0. The molecule has 0 aromatic heterocycles. The molecular formula is C15H14FIN2O. The monoisotopic (exact) mass is 384 g/mol. The van der Waals surface area contributed by atoms with Gasteiger partial charge >= 0.3 is 6.03 Å². The molecule has 0 spiro atoms. The van der Waals surface area contributed by atoms with Gasteiger partial charge in [-0.25, -0.2) is 9.18 Å². The zero-order chi connectivity index (χ0) is 14.4. The number of anilines is 1. The molecule has 2 amide bonds. The summed E-state index contributed by atoms with van der Waals surface area (Å²) in [6, 6.07) is 13.8. The fraction of sp³-hybridized carbons (Fsp3) is 0.133. The average Bonchev–Trinajstić information content (AvgIpc) is 2.43. The van der Waals surface area contributed by atoms with Crippen LogP contribution in [0.15, 0.2) is 48.5 Å². The van der Waals surface area contributed by atoms with Crippen LogP contribution in [-0.4, -0.2) is 12.6 Å². The maximum Gasteiger partial charge on any atom is 0.319 e. The second-order valence-electron chi connectivity index (χ2n) is 4.20. The molecule has 0 unspecified atom stereocenters. The summed E-state index contributed by atoms with van der Waals surface area (Å²) < 4.78 is 14.4. The third-order valence-corrected chi connectivity index (χ3v) is 3.70. The Bertz CT molecular complexity index is 604. The molecule has 104 valence electrons. The van der Waals surface area contributed by atoms with E-state index in [0.29, 0.717) is 18.5 Å². The number of amides is 2. The molecule has 0 aliphatic rings. The zero-order valence-electron chi connectivity index (χ0n) is 10.7. The van der Waals surface area contributed by atoms with E-state index in [1.807, 2.05) is 24.3 Å². The summed E-state index contributed by atoms with van der Waals surface area (Å²) >= 11 is 2.15. The van der Waals surface area contributed by atoms with Crippen molar-refractivity contribution in [2.24, 2.45) is 0 Å². The SMILES string of the molecule is O=C(NCCc1ccccc1F)Nc1ccccc1I. The summed E-state index contributed by atoms with van der Waals surface area (Å²) in [5, 5.41) is 5.47. The first-order valence-electron chi connectivity index (χ1n) is 6.19. The number of benzene rings is 2. The lowest BCUT2D eigenvalue weighted by Crippen LogP contribution is -2.30. The Labute approximate surface area is 130 Å². The van der Waals surface area contributed by atoms with Crippen LogP contribution in [0.1, 0.15) is 5.56 Å². The molecule has 0 radical (unpaired) electrons. The van der Waals surface area contributed by atoms with Crippen molar-refractivity contribution in [3.05, 3.63) is 63.5 Å². The highest BCUT2D eigenvalue weighted by Gasteiger charge is 2.05. The van der Waals surface area contributed by atoms with Gasteiger partial charge < -0.3 is 10.6 Å². The molecular weight excluding hydrogens is 370 g/mol. The lowest BCUT2D eigenvalue weighted by molar-refractivity contribution is 0.252. The van der Waals surface area contributed by atoms with E-state index in [2.05, 4.69) is 33.2 Å². The molecule has 2 rings (SSSR count). The minimum Gasteiger partial charge on any atom is -0.338 e. The second-order valence-corrected chi connectivity index (χ2v) is 5.36. The number of urea groups is 1. The van der Waals surface area contributed by atoms with Gasteiger partial charge in [-0.15, -0.1) is 0 Å². The van der Waals surface area contributed by atoms with Crippen LogP contribution in [0.25, 0.3) is 0 Å². The predicted octanol–water partition coefficient (Wildman–Crippen LogP) is 3.79. The molecule has 0 atom stereocenters. The fourth-order valence-corrected chi connectivity index (χ4v) is 2.26. The Hall–Kier alpha value is -1.63. The van der Waals surface area contributed by atoms with Crippen molar-refractivity contribution in [3.8, 4) is 0 Å². The van der Waals surface area contributed by atoms with Gasteiger partial charge in [0.25, 0.3) is 0 Å². The second kappa shape index (κ2) is 7.23. The molecule has 0 heterocycles. The van der Waals surface area contributed by atoms with Gasteiger partial charge in [0.05, 0.1) is 5.69 Å². The van der Waals surface area contributed by atoms with Crippen molar-refractivity contribution in [3.63, 3.8) is 0 Å². The number of nitrogens with one attached hydrogen (secondary N) is 2. The van der Waals surface area contributed by atoms with Gasteiger partial charge in [0.15, 0.2) is 0 Å². The highest BCUT2D eigenvalue weighted by Crippen LogP contribution is 2.16. The highest BCUT2D eigenvalue weighted by atomic mass is 127. The molecule has 20 heavy (non-hydrogen) atoms. The number of para-hydroxylation sites is 1. The van der Waals surface area contributed by atoms with Crippen molar-refractivity contribution in [2.75, 3.05) is 11.9 Å². The Kier molecular flexibility index (Phi) is 5.34. The molecule has 2 aromatic carbocycles. The zero-order valence-corrected chi connectivity index (χ0v) is 12.9. The van der Waals surface area contributed by atoms with E-state index in [9.17, 15) is 9.18 Å². The highest BCUT2D eigenvalue weighted by molar-refractivity contribution is 14.1. The summed E-state index contributed by atoms with van der Waals surface area (Å²) in [6.07, 6.45) is 0.464. The smallest absolute Gasteiger partial charge is 0.319 e. The van der Waals surface area contributed by atoms with Crippen molar-refractivity contribution in [2.45, 2.75) is 6.42 Å². The minimum atomic E-state index is -0.287. The normalized spacial score (nSPS) is 10.1. The topological polar surface area (TPSA) is 41.1 Å². The van der Waals surface area contributed by atoms with Crippen LogP contribution in [0, 0.1) is 9.39 Å². The first-order chi connectivity index (χ1) is 9.66. The summed E-state index contributed by atoms with van der Waals surface area (Å²) in [6.45, 7) is 0.385. The Morgan fingerprint density at radius 3 is 2.55 bits per heavy atom. The van der Waals surface area contributed by atoms with Gasteiger partial charge in [-0.05, 0) is 52.8 Å². The van der Waals surface area contributed by atoms with Gasteiger partial charge in [-0.1, -0.05) is 30.3 Å². The molecule has 2 aromatic rings. The summed E-state index contributed by atoms with van der Waals surface area (Å²) in [5.74, 6) is -0.243. The van der Waals surface area contributed by atoms with E-state index in [-0.39, 0.29) is 11.8 Å². The van der Waals surface area contributed by atoms with E-state index < -0.39 is 0 Å². The van der Waals surface area contributed by atoms with Gasteiger partial charge in [0.2, 0.25) is 0 Å². The molecule has 0 fully saturated rings. The average molecular weight is 384 g/mol. The maximum atomic E-state index is 13.4. The van der Waals surface area contributed by atoms with E-state index in [0.717, 1.165) is 9.26 Å². The van der Waals surface area contributed by atoms with Gasteiger partial charge in [0.1, 0.15) is 5.82 Å². The summed E-state index contributed by atoms with van der Waals surface area (Å²) in [5.41, 5.74) is 1.36. The predicted molar refractivity (Wildman–Crippen MR) is 86.3 cm³/mol. The van der Waals surface area contributed by atoms with Crippen molar-refractivity contribution < 1.29 is 9.18 Å². The number of halogens is 2. The van der Waals surface area contributed by atoms with Gasteiger partial charge in [0, 0.05) is 10.1 Å². The van der Waals surface area contributed by atoms with Crippen LogP contribution in [0.3, 0.4) is 0 Å². The fourth-order valence-electron chi connectivity index (χ4n) is 1.74. The molecule has 3 nitrogen and oxygen atoms in total. The number of carbonyl (C=O) groups excluding carboxylic acids is 1. The lowest BCUT2D eigenvalue weighted by Gasteiger charge is -2.09. The van der Waals surface area contributed by atoms with Gasteiger partial charge in [-0.3, -0.25) is 0 Å². The van der Waals surface area contributed by atoms with E-state index in [1.165, 1.54) is 6.07 Å². The largest absolute Gasteiger partial charge is 0.338 e. The Morgan fingerprint density at radius 2 is 1.80 bits per heavy atom. The molecule has 0 saturated carbocycles. The molecule has 0 bridgehead atoms. The third kappa shape index (κ3) is 4.19. The van der Waals surface area contributed by atoms with Gasteiger partial charge in [-0.2, -0.15) is 0 Å². The molecule has 2 N–H and O–H groups in total. The number of carbonyl (C=O) groups is 1. The Morgan fingerprint density at radius 1 is 1.10 bits per heavy atom. The quantitative estimate of drug-likeness (QED) is 0.774. The van der Waals surface area contributed by atoms with E-state index in [4.69, 9.17) is 0 Å². The van der Waals surface area contributed by atoms with Crippen LogP contribution in [0.2, 0.25) is 0 Å². The van der Waals surface area contributed by atoms with Crippen molar-refractivity contribution in [1.29, 1.82) is 0 Å². The number of hydrogen-bond acceptors (Lipinski definition) is 1. The molecule has 0 aliphatic heterocycles. The van der Waals surface area contributed by atoms with Crippen molar-refractivity contribution >= 4 is 34.3 Å². The van der Waals surface area contributed by atoms with Crippen LogP contribution in [-0.2, 0) is 6.42 Å².